The molecule has 4 nitrogen and oxygen atoms in total. The van der Waals surface area contributed by atoms with Crippen LogP contribution in [0.1, 0.15) is 19.4 Å². The van der Waals surface area contributed by atoms with Crippen LogP contribution in [0.2, 0.25) is 0 Å². The lowest BCUT2D eigenvalue weighted by molar-refractivity contribution is 0.699. The fraction of sp³-hybridized carbons (Fsp3) is 0.545. The Labute approximate surface area is 91.4 Å². The molecule has 0 aromatic carbocycles. The average molecular weight is 208 g/mol. The van der Waals surface area contributed by atoms with Crippen molar-refractivity contribution in [3.8, 4) is 0 Å². The average Bonchev–Trinajstić information content (AvgIpc) is 2.58. The van der Waals surface area contributed by atoms with Gasteiger partial charge in [-0.1, -0.05) is 0 Å². The normalized spacial score (nSPS) is 11.9. The highest BCUT2D eigenvalue weighted by Gasteiger charge is 2.00. The van der Waals surface area contributed by atoms with E-state index in [1.54, 1.807) is 7.05 Å². The molecule has 1 aromatic heterocycles. The second kappa shape index (κ2) is 5.44. The van der Waals surface area contributed by atoms with Gasteiger partial charge in [0, 0.05) is 39.1 Å². The van der Waals surface area contributed by atoms with Crippen molar-refractivity contribution in [3.05, 3.63) is 24.0 Å². The van der Waals surface area contributed by atoms with Crippen molar-refractivity contribution in [2.24, 2.45) is 12.0 Å². The van der Waals surface area contributed by atoms with Crippen LogP contribution in [0.5, 0.6) is 0 Å². The quantitative estimate of drug-likeness (QED) is 0.577. The number of aliphatic imine (C=N–C) groups is 1. The Morgan fingerprint density at radius 3 is 2.73 bits per heavy atom. The summed E-state index contributed by atoms with van der Waals surface area (Å²) in [5, 5.41) is 6.49. The Balaban J connectivity index is 2.41. The predicted molar refractivity (Wildman–Crippen MR) is 63.9 cm³/mol. The first kappa shape index (κ1) is 11.6. The first-order valence-corrected chi connectivity index (χ1v) is 5.20. The molecule has 0 spiro atoms. The van der Waals surface area contributed by atoms with E-state index in [1.165, 1.54) is 5.56 Å². The van der Waals surface area contributed by atoms with Gasteiger partial charge in [0.05, 0.1) is 0 Å². The topological polar surface area (TPSA) is 41.4 Å². The van der Waals surface area contributed by atoms with Crippen molar-refractivity contribution < 1.29 is 0 Å². The van der Waals surface area contributed by atoms with Crippen LogP contribution in [-0.2, 0) is 13.6 Å². The number of aromatic nitrogens is 1. The van der Waals surface area contributed by atoms with Crippen LogP contribution in [0, 0.1) is 0 Å². The molecule has 0 atom stereocenters. The molecule has 0 aliphatic carbocycles. The molecule has 15 heavy (non-hydrogen) atoms. The molecule has 1 heterocycles. The van der Waals surface area contributed by atoms with E-state index in [9.17, 15) is 0 Å². The monoisotopic (exact) mass is 208 g/mol. The maximum atomic E-state index is 4.14. The van der Waals surface area contributed by atoms with E-state index in [0.29, 0.717) is 6.04 Å². The number of aryl methyl sites for hydroxylation is 1. The molecule has 0 fully saturated rings. The van der Waals surface area contributed by atoms with E-state index in [0.717, 1.165) is 12.5 Å². The van der Waals surface area contributed by atoms with Crippen molar-refractivity contribution in [1.29, 1.82) is 0 Å². The summed E-state index contributed by atoms with van der Waals surface area (Å²) in [6, 6.07) is 2.49. The second-order valence-corrected chi connectivity index (χ2v) is 3.91. The summed E-state index contributed by atoms with van der Waals surface area (Å²) in [5.74, 6) is 0.842. The molecule has 84 valence electrons. The van der Waals surface area contributed by atoms with Gasteiger partial charge in [-0.05, 0) is 25.5 Å². The Hall–Kier alpha value is -1.45. The van der Waals surface area contributed by atoms with Gasteiger partial charge in [0.15, 0.2) is 5.96 Å². The zero-order valence-corrected chi connectivity index (χ0v) is 9.91. The molecule has 4 heteroatoms. The number of hydrogen-bond acceptors (Lipinski definition) is 1. The molecule has 0 aliphatic rings. The van der Waals surface area contributed by atoms with Gasteiger partial charge in [0.1, 0.15) is 0 Å². The van der Waals surface area contributed by atoms with Gasteiger partial charge in [-0.25, -0.2) is 0 Å². The van der Waals surface area contributed by atoms with Crippen LogP contribution in [-0.4, -0.2) is 23.6 Å². The van der Waals surface area contributed by atoms with Crippen molar-refractivity contribution in [3.63, 3.8) is 0 Å². The maximum Gasteiger partial charge on any atom is 0.191 e. The molecular formula is C11H20N4. The lowest BCUT2D eigenvalue weighted by Crippen LogP contribution is -2.40. The van der Waals surface area contributed by atoms with Crippen molar-refractivity contribution in [2.45, 2.75) is 26.4 Å². The lowest BCUT2D eigenvalue weighted by Gasteiger charge is -2.13. The van der Waals surface area contributed by atoms with Crippen molar-refractivity contribution in [1.82, 2.24) is 15.2 Å². The molecule has 0 saturated heterocycles. The molecular weight excluding hydrogens is 188 g/mol. The third-order valence-electron chi connectivity index (χ3n) is 2.00. The maximum absolute atomic E-state index is 4.14. The molecule has 0 radical (unpaired) electrons. The summed E-state index contributed by atoms with van der Waals surface area (Å²) in [6.07, 6.45) is 4.13. The van der Waals surface area contributed by atoms with E-state index >= 15 is 0 Å². The van der Waals surface area contributed by atoms with Crippen molar-refractivity contribution in [2.75, 3.05) is 7.05 Å². The largest absolute Gasteiger partial charge is 0.357 e. The third kappa shape index (κ3) is 4.06. The minimum atomic E-state index is 0.395. The van der Waals surface area contributed by atoms with Crippen LogP contribution in [0.4, 0.5) is 0 Å². The summed E-state index contributed by atoms with van der Waals surface area (Å²) in [6.45, 7) is 4.98. The summed E-state index contributed by atoms with van der Waals surface area (Å²) >= 11 is 0. The first-order chi connectivity index (χ1) is 7.11. The molecule has 1 rings (SSSR count). The van der Waals surface area contributed by atoms with Crippen LogP contribution in [0.3, 0.4) is 0 Å². The van der Waals surface area contributed by atoms with Gasteiger partial charge < -0.3 is 15.2 Å². The smallest absolute Gasteiger partial charge is 0.191 e. The molecule has 2 N–H and O–H groups in total. The van der Waals surface area contributed by atoms with Crippen LogP contribution >= 0.6 is 0 Å². The van der Waals surface area contributed by atoms with Crippen molar-refractivity contribution >= 4 is 5.96 Å². The van der Waals surface area contributed by atoms with E-state index in [2.05, 4.69) is 41.7 Å². The van der Waals surface area contributed by atoms with Gasteiger partial charge in [-0.3, -0.25) is 4.99 Å². The van der Waals surface area contributed by atoms with Gasteiger partial charge in [-0.15, -0.1) is 0 Å². The summed E-state index contributed by atoms with van der Waals surface area (Å²) in [7, 11) is 3.80. The number of nitrogens with one attached hydrogen (secondary N) is 2. The summed E-state index contributed by atoms with van der Waals surface area (Å²) < 4.78 is 2.04. The van der Waals surface area contributed by atoms with E-state index in [-0.39, 0.29) is 0 Å². The van der Waals surface area contributed by atoms with Crippen LogP contribution in [0.25, 0.3) is 0 Å². The minimum absolute atomic E-state index is 0.395. The molecule has 1 aromatic rings. The van der Waals surface area contributed by atoms with Crippen LogP contribution < -0.4 is 10.6 Å². The standard InChI is InChI=1S/C11H20N4/c1-9(2)14-11(12-3)13-7-10-5-6-15(4)8-10/h5-6,8-9H,7H2,1-4H3,(H2,12,13,14). The molecule has 0 unspecified atom stereocenters. The fourth-order valence-electron chi connectivity index (χ4n) is 1.32. The molecule has 0 saturated carbocycles. The predicted octanol–water partition coefficient (Wildman–Crippen LogP) is 1.10. The van der Waals surface area contributed by atoms with E-state index in [1.807, 2.05) is 17.8 Å². The summed E-state index contributed by atoms with van der Waals surface area (Å²) in [4.78, 5) is 4.14. The first-order valence-electron chi connectivity index (χ1n) is 5.20. The Bertz CT molecular complexity index is 325. The number of rotatable bonds is 3. The molecule has 0 amide bonds. The number of nitrogens with zero attached hydrogens (tertiary/aromatic N) is 2. The van der Waals surface area contributed by atoms with Crippen LogP contribution in [0.15, 0.2) is 23.5 Å². The van der Waals surface area contributed by atoms with Gasteiger partial charge in [0.2, 0.25) is 0 Å². The zero-order chi connectivity index (χ0) is 11.3. The number of guanidine groups is 1. The SMILES string of the molecule is CN=C(NCc1ccn(C)c1)NC(C)C. The Morgan fingerprint density at radius 1 is 1.53 bits per heavy atom. The zero-order valence-electron chi connectivity index (χ0n) is 9.91. The lowest BCUT2D eigenvalue weighted by atomic mass is 10.3. The third-order valence-corrected chi connectivity index (χ3v) is 2.00. The highest BCUT2D eigenvalue weighted by atomic mass is 15.2. The van der Waals surface area contributed by atoms with E-state index < -0.39 is 0 Å². The highest BCUT2D eigenvalue weighted by Crippen LogP contribution is 1.98. The van der Waals surface area contributed by atoms with Gasteiger partial charge in [-0.2, -0.15) is 0 Å². The summed E-state index contributed by atoms with van der Waals surface area (Å²) in [5.41, 5.74) is 1.25. The van der Waals surface area contributed by atoms with E-state index in [4.69, 9.17) is 0 Å². The van der Waals surface area contributed by atoms with Gasteiger partial charge >= 0.3 is 0 Å². The Morgan fingerprint density at radius 2 is 2.27 bits per heavy atom. The molecule has 0 bridgehead atoms. The Kier molecular flexibility index (Phi) is 4.21. The fourth-order valence-corrected chi connectivity index (χ4v) is 1.32. The second-order valence-electron chi connectivity index (χ2n) is 3.91. The minimum Gasteiger partial charge on any atom is -0.357 e. The highest BCUT2D eigenvalue weighted by molar-refractivity contribution is 5.79. The number of hydrogen-bond donors (Lipinski definition) is 2. The van der Waals surface area contributed by atoms with Gasteiger partial charge in [0.25, 0.3) is 0 Å². The molecule has 0 aliphatic heterocycles.